The van der Waals surface area contributed by atoms with E-state index < -0.39 is 0 Å². The lowest BCUT2D eigenvalue weighted by Gasteiger charge is -2.19. The van der Waals surface area contributed by atoms with Crippen LogP contribution in [0.1, 0.15) is 31.7 Å². The first kappa shape index (κ1) is 22.8. The molecule has 1 aliphatic rings. The first-order valence-corrected chi connectivity index (χ1v) is 9.24. The number of halogens is 1. The van der Waals surface area contributed by atoms with Crippen LogP contribution in [0.25, 0.3) is 0 Å². The van der Waals surface area contributed by atoms with Crippen molar-refractivity contribution < 1.29 is 14.2 Å². The van der Waals surface area contributed by atoms with Crippen LogP contribution in [0.2, 0.25) is 0 Å². The fourth-order valence-electron chi connectivity index (χ4n) is 2.52. The van der Waals surface area contributed by atoms with Crippen LogP contribution in [0.15, 0.2) is 23.2 Å². The van der Waals surface area contributed by atoms with E-state index in [1.807, 2.05) is 6.07 Å². The largest absolute Gasteiger partial charge is 0.486 e. The number of hydrogen-bond donors (Lipinski definition) is 2. The quantitative estimate of drug-likeness (QED) is 0.235. The summed E-state index contributed by atoms with van der Waals surface area (Å²) in [6.45, 7) is 6.74. The summed E-state index contributed by atoms with van der Waals surface area (Å²) in [6, 6.07) is 6.12. The first-order chi connectivity index (χ1) is 12.3. The smallest absolute Gasteiger partial charge is 0.190 e. The van der Waals surface area contributed by atoms with E-state index in [0.29, 0.717) is 13.2 Å². The number of hydrogen-bond acceptors (Lipinski definition) is 4. The van der Waals surface area contributed by atoms with E-state index >= 15 is 0 Å². The SMILES string of the molecule is CCCCOCCCNC(=NC)NCCc1ccc2c(c1)OCCO2.I. The maximum atomic E-state index is 5.62. The van der Waals surface area contributed by atoms with Gasteiger partial charge in [-0.15, -0.1) is 24.0 Å². The Hall–Kier alpha value is -1.22. The molecule has 2 rings (SSSR count). The Morgan fingerprint density at radius 1 is 1.08 bits per heavy atom. The molecular weight excluding hydrogens is 445 g/mol. The molecule has 0 fully saturated rings. The maximum Gasteiger partial charge on any atom is 0.190 e. The number of rotatable bonds is 10. The highest BCUT2D eigenvalue weighted by Crippen LogP contribution is 2.30. The van der Waals surface area contributed by atoms with Crippen LogP contribution in [0.4, 0.5) is 0 Å². The molecule has 26 heavy (non-hydrogen) atoms. The van der Waals surface area contributed by atoms with Crippen molar-refractivity contribution in [1.29, 1.82) is 0 Å². The van der Waals surface area contributed by atoms with Gasteiger partial charge in [-0.2, -0.15) is 0 Å². The summed E-state index contributed by atoms with van der Waals surface area (Å²) < 4.78 is 16.7. The molecule has 7 heteroatoms. The van der Waals surface area contributed by atoms with Crippen LogP contribution in [-0.2, 0) is 11.2 Å². The molecule has 0 saturated heterocycles. The molecule has 0 aliphatic carbocycles. The van der Waals surface area contributed by atoms with Crippen molar-refractivity contribution in [3.8, 4) is 11.5 Å². The van der Waals surface area contributed by atoms with E-state index in [4.69, 9.17) is 14.2 Å². The molecule has 0 amide bonds. The second kappa shape index (κ2) is 13.9. The zero-order chi connectivity index (χ0) is 17.7. The Bertz CT molecular complexity index is 541. The molecule has 1 heterocycles. The molecule has 0 unspecified atom stereocenters. The highest BCUT2D eigenvalue weighted by atomic mass is 127. The summed E-state index contributed by atoms with van der Waals surface area (Å²) in [5.41, 5.74) is 1.22. The predicted octanol–water partition coefficient (Wildman–Crippen LogP) is 2.99. The van der Waals surface area contributed by atoms with Gasteiger partial charge in [0.05, 0.1) is 0 Å². The average Bonchev–Trinajstić information content (AvgIpc) is 2.65. The summed E-state index contributed by atoms with van der Waals surface area (Å²) in [4.78, 5) is 4.25. The van der Waals surface area contributed by atoms with Crippen molar-refractivity contribution >= 4 is 29.9 Å². The molecule has 0 aromatic heterocycles. The number of ether oxygens (including phenoxy) is 3. The maximum absolute atomic E-state index is 5.62. The highest BCUT2D eigenvalue weighted by molar-refractivity contribution is 14.0. The van der Waals surface area contributed by atoms with Gasteiger partial charge < -0.3 is 24.8 Å². The Labute approximate surface area is 174 Å². The monoisotopic (exact) mass is 477 g/mol. The van der Waals surface area contributed by atoms with E-state index in [2.05, 4.69) is 34.7 Å². The van der Waals surface area contributed by atoms with E-state index in [0.717, 1.165) is 63.0 Å². The molecular formula is C19H32IN3O3. The van der Waals surface area contributed by atoms with Crippen LogP contribution in [0, 0.1) is 0 Å². The summed E-state index contributed by atoms with van der Waals surface area (Å²) in [5.74, 6) is 2.50. The van der Waals surface area contributed by atoms with Crippen LogP contribution in [0.5, 0.6) is 11.5 Å². The van der Waals surface area contributed by atoms with Crippen LogP contribution >= 0.6 is 24.0 Å². The van der Waals surface area contributed by atoms with Gasteiger partial charge in [0.15, 0.2) is 17.5 Å². The summed E-state index contributed by atoms with van der Waals surface area (Å²) >= 11 is 0. The molecule has 0 bridgehead atoms. The Kier molecular flexibility index (Phi) is 12.2. The molecule has 6 nitrogen and oxygen atoms in total. The van der Waals surface area contributed by atoms with Crippen molar-refractivity contribution in [2.24, 2.45) is 4.99 Å². The van der Waals surface area contributed by atoms with Crippen molar-refractivity contribution in [3.63, 3.8) is 0 Å². The molecule has 148 valence electrons. The Morgan fingerprint density at radius 2 is 1.81 bits per heavy atom. The van der Waals surface area contributed by atoms with Gasteiger partial charge >= 0.3 is 0 Å². The third-order valence-electron chi connectivity index (χ3n) is 3.94. The van der Waals surface area contributed by atoms with Gasteiger partial charge in [0.25, 0.3) is 0 Å². The standard InChI is InChI=1S/C19H31N3O3.HI/c1-3-4-11-23-12-5-9-21-19(20-2)22-10-8-16-6-7-17-18(15-16)25-14-13-24-17;/h6-7,15H,3-5,8-14H2,1-2H3,(H2,20,21,22);1H. The highest BCUT2D eigenvalue weighted by Gasteiger charge is 2.11. The lowest BCUT2D eigenvalue weighted by Crippen LogP contribution is -2.39. The van der Waals surface area contributed by atoms with E-state index in [9.17, 15) is 0 Å². The van der Waals surface area contributed by atoms with Crippen LogP contribution < -0.4 is 20.1 Å². The van der Waals surface area contributed by atoms with E-state index in [1.165, 1.54) is 12.0 Å². The van der Waals surface area contributed by atoms with Gasteiger partial charge in [0, 0.05) is 33.4 Å². The van der Waals surface area contributed by atoms with Gasteiger partial charge in [0.2, 0.25) is 0 Å². The normalized spacial score (nSPS) is 13.1. The molecule has 2 N–H and O–H groups in total. The number of nitrogens with one attached hydrogen (secondary N) is 2. The molecule has 1 aliphatic heterocycles. The summed E-state index contributed by atoms with van der Waals surface area (Å²) in [6.07, 6.45) is 4.19. The average molecular weight is 477 g/mol. The minimum Gasteiger partial charge on any atom is -0.486 e. The van der Waals surface area contributed by atoms with Crippen molar-refractivity contribution in [2.45, 2.75) is 32.6 Å². The topological polar surface area (TPSA) is 64.1 Å². The van der Waals surface area contributed by atoms with E-state index in [-0.39, 0.29) is 24.0 Å². The summed E-state index contributed by atoms with van der Waals surface area (Å²) in [5, 5.41) is 6.65. The van der Waals surface area contributed by atoms with Gasteiger partial charge in [-0.3, -0.25) is 4.99 Å². The fraction of sp³-hybridized carbons (Fsp3) is 0.632. The number of nitrogens with zero attached hydrogens (tertiary/aromatic N) is 1. The zero-order valence-electron chi connectivity index (χ0n) is 15.9. The Balaban J connectivity index is 0.00000338. The van der Waals surface area contributed by atoms with Crippen LogP contribution in [0.3, 0.4) is 0 Å². The molecule has 1 aromatic carbocycles. The number of aliphatic imine (C=N–C) groups is 1. The molecule has 0 spiro atoms. The van der Waals surface area contributed by atoms with Crippen molar-refractivity contribution in [3.05, 3.63) is 23.8 Å². The molecule has 0 radical (unpaired) electrons. The zero-order valence-corrected chi connectivity index (χ0v) is 18.2. The lowest BCUT2D eigenvalue weighted by atomic mass is 10.1. The molecule has 0 atom stereocenters. The lowest BCUT2D eigenvalue weighted by molar-refractivity contribution is 0.129. The second-order valence-corrected chi connectivity index (χ2v) is 5.97. The van der Waals surface area contributed by atoms with Gasteiger partial charge in [-0.1, -0.05) is 19.4 Å². The molecule has 0 saturated carbocycles. The Morgan fingerprint density at radius 3 is 2.58 bits per heavy atom. The number of benzene rings is 1. The summed E-state index contributed by atoms with van der Waals surface area (Å²) in [7, 11) is 1.79. The minimum absolute atomic E-state index is 0. The van der Waals surface area contributed by atoms with Gasteiger partial charge in [-0.25, -0.2) is 0 Å². The van der Waals surface area contributed by atoms with Gasteiger partial charge in [0.1, 0.15) is 13.2 Å². The number of unbranched alkanes of at least 4 members (excludes halogenated alkanes) is 1. The minimum atomic E-state index is 0. The van der Waals surface area contributed by atoms with Crippen molar-refractivity contribution in [2.75, 3.05) is 46.6 Å². The molecule has 1 aromatic rings. The number of fused-ring (bicyclic) bond motifs is 1. The first-order valence-electron chi connectivity index (χ1n) is 9.24. The van der Waals surface area contributed by atoms with Gasteiger partial charge in [-0.05, 0) is 37.0 Å². The third-order valence-corrected chi connectivity index (χ3v) is 3.94. The number of guanidine groups is 1. The fourth-order valence-corrected chi connectivity index (χ4v) is 2.52. The predicted molar refractivity (Wildman–Crippen MR) is 116 cm³/mol. The van der Waals surface area contributed by atoms with E-state index in [1.54, 1.807) is 7.05 Å². The van der Waals surface area contributed by atoms with Crippen molar-refractivity contribution in [1.82, 2.24) is 10.6 Å². The van der Waals surface area contributed by atoms with Crippen LogP contribution in [-0.4, -0.2) is 52.5 Å². The third kappa shape index (κ3) is 8.44. The second-order valence-electron chi connectivity index (χ2n) is 5.97.